The van der Waals surface area contributed by atoms with Gasteiger partial charge in [-0.3, -0.25) is 0 Å². The summed E-state index contributed by atoms with van der Waals surface area (Å²) in [6, 6.07) is 3.02. The summed E-state index contributed by atoms with van der Waals surface area (Å²) in [6.45, 7) is 2.24. The van der Waals surface area contributed by atoms with Crippen LogP contribution in [0.2, 0.25) is 0 Å². The molecule has 1 saturated carbocycles. The van der Waals surface area contributed by atoms with Crippen LogP contribution in [-0.4, -0.2) is 33.2 Å². The molecule has 1 aromatic rings. The van der Waals surface area contributed by atoms with Gasteiger partial charge in [-0.1, -0.05) is 6.07 Å². The molecule has 2 fully saturated rings. The van der Waals surface area contributed by atoms with Crippen LogP contribution in [0.4, 0.5) is 4.39 Å². The third-order valence-corrected chi connectivity index (χ3v) is 5.78. The molecule has 5 nitrogen and oxygen atoms in total. The number of hydrogen-bond acceptors (Lipinski definition) is 4. The van der Waals surface area contributed by atoms with E-state index in [1.807, 2.05) is 0 Å². The summed E-state index contributed by atoms with van der Waals surface area (Å²) in [5.74, 6) is -0.361. The number of nitrogens with one attached hydrogen (secondary N) is 1. The van der Waals surface area contributed by atoms with Gasteiger partial charge in [0.15, 0.2) is 0 Å². The molecule has 0 amide bonds. The van der Waals surface area contributed by atoms with Crippen LogP contribution in [0.1, 0.15) is 12.0 Å². The van der Waals surface area contributed by atoms with Crippen molar-refractivity contribution in [3.8, 4) is 0 Å². The first kappa shape index (κ1) is 13.9. The average Bonchev–Trinajstić information content (AvgIpc) is 2.84. The molecule has 20 heavy (non-hydrogen) atoms. The highest BCUT2D eigenvalue weighted by Crippen LogP contribution is 2.38. The van der Waals surface area contributed by atoms with Gasteiger partial charge in [0.2, 0.25) is 10.0 Å². The third kappa shape index (κ3) is 2.14. The summed E-state index contributed by atoms with van der Waals surface area (Å²) in [5, 5.41) is 0. The smallest absolute Gasteiger partial charge is 0.241 e. The molecule has 0 spiro atoms. The van der Waals surface area contributed by atoms with Gasteiger partial charge in [-0.2, -0.15) is 0 Å². The molecule has 110 valence electrons. The van der Waals surface area contributed by atoms with E-state index in [1.165, 1.54) is 12.1 Å². The number of nitrogens with two attached hydrogens (primary N) is 1. The van der Waals surface area contributed by atoms with Gasteiger partial charge < -0.3 is 10.5 Å². The highest BCUT2D eigenvalue weighted by molar-refractivity contribution is 7.89. The van der Waals surface area contributed by atoms with Gasteiger partial charge in [0.1, 0.15) is 5.82 Å². The number of rotatable bonds is 3. The Labute approximate surface area is 117 Å². The fourth-order valence-electron chi connectivity index (χ4n) is 3.00. The second-order valence-electron chi connectivity index (χ2n) is 5.42. The van der Waals surface area contributed by atoms with E-state index >= 15 is 0 Å². The Balaban J connectivity index is 1.84. The lowest BCUT2D eigenvalue weighted by Crippen LogP contribution is -2.68. The van der Waals surface area contributed by atoms with Crippen molar-refractivity contribution in [2.45, 2.75) is 36.4 Å². The number of hydrogen-bond donors (Lipinski definition) is 2. The second kappa shape index (κ2) is 4.77. The minimum Gasteiger partial charge on any atom is -0.376 e. The SMILES string of the molecule is Cc1ccc(F)cc1S(=O)(=O)N[C@@H]1[C@@H](N)[C@H]2CCO[C@H]21. The van der Waals surface area contributed by atoms with Crippen molar-refractivity contribution in [2.24, 2.45) is 11.7 Å². The van der Waals surface area contributed by atoms with Gasteiger partial charge in [-0.05, 0) is 31.0 Å². The largest absolute Gasteiger partial charge is 0.376 e. The Morgan fingerprint density at radius 2 is 2.20 bits per heavy atom. The van der Waals surface area contributed by atoms with Crippen LogP contribution in [0, 0.1) is 18.7 Å². The van der Waals surface area contributed by atoms with E-state index in [1.54, 1.807) is 6.92 Å². The van der Waals surface area contributed by atoms with Crippen LogP contribution in [-0.2, 0) is 14.8 Å². The Bertz CT molecular complexity index is 635. The molecule has 0 bridgehead atoms. The maximum Gasteiger partial charge on any atom is 0.241 e. The highest BCUT2D eigenvalue weighted by atomic mass is 32.2. The van der Waals surface area contributed by atoms with E-state index in [4.69, 9.17) is 10.5 Å². The average molecular weight is 300 g/mol. The Hall–Kier alpha value is -1.02. The van der Waals surface area contributed by atoms with Crippen molar-refractivity contribution in [2.75, 3.05) is 6.61 Å². The molecule has 0 unspecified atom stereocenters. The summed E-state index contributed by atoms with van der Waals surface area (Å²) in [6.07, 6.45) is 0.705. The maximum absolute atomic E-state index is 13.3. The zero-order valence-electron chi connectivity index (χ0n) is 11.0. The first-order chi connectivity index (χ1) is 9.40. The van der Waals surface area contributed by atoms with Crippen LogP contribution in [0.15, 0.2) is 23.1 Å². The quantitative estimate of drug-likeness (QED) is 0.853. The molecule has 7 heteroatoms. The molecule has 3 N–H and O–H groups in total. The minimum absolute atomic E-state index is 0.0499. The van der Waals surface area contributed by atoms with Crippen molar-refractivity contribution in [3.63, 3.8) is 0 Å². The molecular weight excluding hydrogens is 283 g/mol. The second-order valence-corrected chi connectivity index (χ2v) is 7.10. The van der Waals surface area contributed by atoms with Crippen LogP contribution in [0.25, 0.3) is 0 Å². The highest BCUT2D eigenvalue weighted by Gasteiger charge is 2.53. The third-order valence-electron chi connectivity index (χ3n) is 4.18. The number of sulfonamides is 1. The maximum atomic E-state index is 13.3. The standard InChI is InChI=1S/C13H17FN2O3S/c1-7-2-3-8(14)6-10(7)20(17,18)16-12-11(15)9-4-5-19-13(9)12/h2-3,6,9,11-13,16H,4-5,15H2,1H3/t9-,11+,12-,13-/m1/s1. The van der Waals surface area contributed by atoms with Gasteiger partial charge in [0, 0.05) is 18.6 Å². The summed E-state index contributed by atoms with van der Waals surface area (Å²) in [7, 11) is -3.80. The molecular formula is C13H17FN2O3S. The van der Waals surface area contributed by atoms with Crippen LogP contribution >= 0.6 is 0 Å². The number of fused-ring (bicyclic) bond motifs is 1. The van der Waals surface area contributed by atoms with Crippen molar-refractivity contribution >= 4 is 10.0 Å². The number of aryl methyl sites for hydroxylation is 1. The van der Waals surface area contributed by atoms with Gasteiger partial charge in [0.25, 0.3) is 0 Å². The van der Waals surface area contributed by atoms with Crippen LogP contribution in [0.5, 0.6) is 0 Å². The molecule has 1 aliphatic heterocycles. The van der Waals surface area contributed by atoms with Gasteiger partial charge in [-0.15, -0.1) is 0 Å². The topological polar surface area (TPSA) is 81.4 Å². The van der Waals surface area contributed by atoms with Crippen LogP contribution in [0.3, 0.4) is 0 Å². The van der Waals surface area contributed by atoms with Crippen LogP contribution < -0.4 is 10.5 Å². The molecule has 1 aliphatic carbocycles. The number of halogens is 1. The van der Waals surface area contributed by atoms with Gasteiger partial charge in [0.05, 0.1) is 17.0 Å². The van der Waals surface area contributed by atoms with Gasteiger partial charge >= 0.3 is 0 Å². The lowest BCUT2D eigenvalue weighted by molar-refractivity contribution is -0.00924. The lowest BCUT2D eigenvalue weighted by atomic mass is 9.73. The molecule has 3 rings (SSSR count). The Kier molecular flexibility index (Phi) is 3.32. The Morgan fingerprint density at radius 3 is 2.95 bits per heavy atom. The van der Waals surface area contributed by atoms with Crippen molar-refractivity contribution < 1.29 is 17.5 Å². The van der Waals surface area contributed by atoms with Gasteiger partial charge in [-0.25, -0.2) is 17.5 Å². The fraction of sp³-hybridized carbons (Fsp3) is 0.538. The summed E-state index contributed by atoms with van der Waals surface area (Å²) in [4.78, 5) is -0.0499. The molecule has 2 aliphatic rings. The van der Waals surface area contributed by atoms with E-state index in [0.29, 0.717) is 12.2 Å². The summed E-state index contributed by atoms with van der Waals surface area (Å²) in [5.41, 5.74) is 6.48. The first-order valence-electron chi connectivity index (χ1n) is 6.56. The predicted molar refractivity (Wildman–Crippen MR) is 71.1 cm³/mol. The lowest BCUT2D eigenvalue weighted by Gasteiger charge is -2.45. The molecule has 1 heterocycles. The van der Waals surface area contributed by atoms with E-state index in [0.717, 1.165) is 12.5 Å². The number of ether oxygens (including phenoxy) is 1. The van der Waals surface area contributed by atoms with E-state index in [2.05, 4.69) is 4.72 Å². The molecule has 1 saturated heterocycles. The molecule has 4 atom stereocenters. The first-order valence-corrected chi connectivity index (χ1v) is 8.04. The Morgan fingerprint density at radius 1 is 1.45 bits per heavy atom. The normalized spacial score (nSPS) is 32.8. The van der Waals surface area contributed by atoms with Crippen molar-refractivity contribution in [1.29, 1.82) is 0 Å². The van der Waals surface area contributed by atoms with E-state index < -0.39 is 21.9 Å². The minimum atomic E-state index is -3.80. The zero-order chi connectivity index (χ0) is 14.5. The zero-order valence-corrected chi connectivity index (χ0v) is 11.9. The molecule has 0 radical (unpaired) electrons. The van der Waals surface area contributed by atoms with Crippen molar-refractivity contribution in [3.05, 3.63) is 29.6 Å². The van der Waals surface area contributed by atoms with Crippen molar-refractivity contribution in [1.82, 2.24) is 4.72 Å². The predicted octanol–water partition coefficient (Wildman–Crippen LogP) is 0.527. The summed E-state index contributed by atoms with van der Waals surface area (Å²) < 4.78 is 46.0. The van der Waals surface area contributed by atoms with E-state index in [-0.39, 0.29) is 23.0 Å². The number of benzene rings is 1. The van der Waals surface area contributed by atoms with E-state index in [9.17, 15) is 12.8 Å². The fourth-order valence-corrected chi connectivity index (χ4v) is 4.54. The molecule has 1 aromatic carbocycles. The molecule has 0 aromatic heterocycles. The summed E-state index contributed by atoms with van der Waals surface area (Å²) >= 11 is 0. The monoisotopic (exact) mass is 300 g/mol.